The molecule has 0 radical (unpaired) electrons. The van der Waals surface area contributed by atoms with Gasteiger partial charge in [0.15, 0.2) is 0 Å². The van der Waals surface area contributed by atoms with Gasteiger partial charge >= 0.3 is 0 Å². The maximum absolute atomic E-state index is 13.4. The largest absolute Gasteiger partial charge is 0.438 e. The van der Waals surface area contributed by atoms with Gasteiger partial charge in [-0.3, -0.25) is 18.9 Å². The Bertz CT molecular complexity index is 1330. The number of benzene rings is 1. The molecule has 6 nitrogen and oxygen atoms in total. The van der Waals surface area contributed by atoms with E-state index >= 15 is 0 Å². The number of fused-ring (bicyclic) bond motifs is 1. The van der Waals surface area contributed by atoms with Gasteiger partial charge in [0.25, 0.3) is 11.5 Å². The quantitative estimate of drug-likeness (QED) is 0.161. The molecule has 0 saturated carbocycles. The number of aromatic nitrogens is 2. The fourth-order valence-corrected chi connectivity index (χ4v) is 5.35. The number of ether oxygens (including phenoxy) is 1. The summed E-state index contributed by atoms with van der Waals surface area (Å²) < 4.78 is 8.05. The predicted molar refractivity (Wildman–Crippen MR) is 151 cm³/mol. The second-order valence-corrected chi connectivity index (χ2v) is 10.4. The van der Waals surface area contributed by atoms with Crippen molar-refractivity contribution in [2.24, 2.45) is 0 Å². The summed E-state index contributed by atoms with van der Waals surface area (Å²) in [4.78, 5) is 33.2. The molecule has 1 aromatic carbocycles. The van der Waals surface area contributed by atoms with Crippen LogP contribution in [0.3, 0.4) is 0 Å². The van der Waals surface area contributed by atoms with Crippen molar-refractivity contribution in [2.45, 2.75) is 58.8 Å². The fraction of sp³-hybridized carbons (Fsp3) is 0.357. The van der Waals surface area contributed by atoms with Crippen LogP contribution in [0.25, 0.3) is 11.7 Å². The molecule has 0 aliphatic carbocycles. The predicted octanol–water partition coefficient (Wildman–Crippen LogP) is 6.61. The SMILES string of the molecule is CCCCCCCCN1C(=O)/C(=C\c2c(Oc3ccc(CC)cc3)nc3ccccn3c2=O)SC1=S. The molecule has 1 aliphatic rings. The maximum Gasteiger partial charge on any atom is 0.269 e. The van der Waals surface area contributed by atoms with Crippen LogP contribution in [0.4, 0.5) is 0 Å². The Morgan fingerprint density at radius 1 is 1.00 bits per heavy atom. The summed E-state index contributed by atoms with van der Waals surface area (Å²) in [5, 5.41) is 0. The first-order valence-corrected chi connectivity index (χ1v) is 13.8. The van der Waals surface area contributed by atoms with Crippen LogP contribution >= 0.6 is 24.0 Å². The maximum atomic E-state index is 13.4. The lowest BCUT2D eigenvalue weighted by Crippen LogP contribution is -2.29. The Morgan fingerprint density at radius 3 is 2.50 bits per heavy atom. The van der Waals surface area contributed by atoms with Crippen LogP contribution in [-0.2, 0) is 11.2 Å². The van der Waals surface area contributed by atoms with Crippen molar-refractivity contribution in [3.8, 4) is 11.6 Å². The van der Waals surface area contributed by atoms with E-state index in [1.165, 1.54) is 41.0 Å². The number of hydrogen-bond acceptors (Lipinski definition) is 6. The van der Waals surface area contributed by atoms with Crippen molar-refractivity contribution in [3.63, 3.8) is 0 Å². The van der Waals surface area contributed by atoms with Gasteiger partial charge in [0.05, 0.1) is 4.91 Å². The number of aryl methyl sites for hydroxylation is 1. The molecule has 2 aromatic heterocycles. The molecule has 8 heteroatoms. The minimum atomic E-state index is -0.304. The van der Waals surface area contributed by atoms with Gasteiger partial charge in [-0.2, -0.15) is 4.98 Å². The van der Waals surface area contributed by atoms with E-state index in [1.54, 1.807) is 29.3 Å². The minimum absolute atomic E-state index is 0.164. The summed E-state index contributed by atoms with van der Waals surface area (Å²) in [5.74, 6) is 0.565. The summed E-state index contributed by atoms with van der Waals surface area (Å²) in [6, 6.07) is 13.0. The summed E-state index contributed by atoms with van der Waals surface area (Å²) in [5.41, 5.74) is 1.57. The number of thioether (sulfide) groups is 1. The zero-order chi connectivity index (χ0) is 25.5. The highest BCUT2D eigenvalue weighted by Crippen LogP contribution is 2.34. The van der Waals surface area contributed by atoms with E-state index in [9.17, 15) is 9.59 Å². The molecule has 4 rings (SSSR count). The Kier molecular flexibility index (Phi) is 8.93. The molecule has 1 fully saturated rings. The van der Waals surface area contributed by atoms with E-state index < -0.39 is 0 Å². The van der Waals surface area contributed by atoms with E-state index in [-0.39, 0.29) is 22.9 Å². The third-order valence-corrected chi connectivity index (χ3v) is 7.54. The van der Waals surface area contributed by atoms with Crippen LogP contribution in [0.1, 0.15) is 63.5 Å². The fourth-order valence-electron chi connectivity index (χ4n) is 4.06. The van der Waals surface area contributed by atoms with E-state index in [0.29, 0.717) is 27.2 Å². The van der Waals surface area contributed by atoms with Gasteiger partial charge in [0.1, 0.15) is 21.3 Å². The Labute approximate surface area is 221 Å². The second-order valence-electron chi connectivity index (χ2n) is 8.77. The number of hydrogen-bond donors (Lipinski definition) is 0. The molecule has 3 aromatic rings. The Balaban J connectivity index is 1.61. The van der Waals surface area contributed by atoms with E-state index in [4.69, 9.17) is 17.0 Å². The van der Waals surface area contributed by atoms with Crippen LogP contribution < -0.4 is 10.3 Å². The van der Waals surface area contributed by atoms with E-state index in [1.807, 2.05) is 30.3 Å². The van der Waals surface area contributed by atoms with Crippen LogP contribution in [0.5, 0.6) is 11.6 Å². The Hall–Kier alpha value is -2.97. The minimum Gasteiger partial charge on any atom is -0.438 e. The molecule has 36 heavy (non-hydrogen) atoms. The number of amides is 1. The number of thiocarbonyl (C=S) groups is 1. The molecule has 0 N–H and O–H groups in total. The number of carbonyl (C=O) groups excluding carboxylic acids is 1. The van der Waals surface area contributed by atoms with Crippen LogP contribution in [0.15, 0.2) is 58.4 Å². The summed E-state index contributed by atoms with van der Waals surface area (Å²) >= 11 is 6.72. The molecule has 0 spiro atoms. The lowest BCUT2D eigenvalue weighted by molar-refractivity contribution is -0.122. The first kappa shape index (κ1) is 26.1. The highest BCUT2D eigenvalue weighted by Gasteiger charge is 2.32. The van der Waals surface area contributed by atoms with Gasteiger partial charge < -0.3 is 4.74 Å². The third-order valence-electron chi connectivity index (χ3n) is 6.16. The summed E-state index contributed by atoms with van der Waals surface area (Å²) in [7, 11) is 0. The molecule has 188 valence electrons. The van der Waals surface area contributed by atoms with Crippen LogP contribution in [0.2, 0.25) is 0 Å². The van der Waals surface area contributed by atoms with E-state index in [2.05, 4.69) is 18.8 Å². The molecule has 1 aliphatic heterocycles. The average molecular weight is 522 g/mol. The van der Waals surface area contributed by atoms with Gasteiger partial charge in [-0.1, -0.05) is 88.1 Å². The first-order chi connectivity index (χ1) is 17.5. The first-order valence-electron chi connectivity index (χ1n) is 12.6. The number of unbranched alkanes of at least 4 members (excludes halogenated alkanes) is 5. The smallest absolute Gasteiger partial charge is 0.269 e. The molecule has 1 amide bonds. The zero-order valence-electron chi connectivity index (χ0n) is 20.7. The van der Waals surface area contributed by atoms with Crippen molar-refractivity contribution in [1.82, 2.24) is 14.3 Å². The van der Waals surface area contributed by atoms with Crippen molar-refractivity contribution in [2.75, 3.05) is 6.54 Å². The molecule has 3 heterocycles. The van der Waals surface area contributed by atoms with Crippen molar-refractivity contribution in [1.29, 1.82) is 0 Å². The monoisotopic (exact) mass is 521 g/mol. The van der Waals surface area contributed by atoms with Gasteiger partial charge in [0, 0.05) is 12.7 Å². The topological polar surface area (TPSA) is 63.9 Å². The van der Waals surface area contributed by atoms with E-state index in [0.717, 1.165) is 25.7 Å². The summed E-state index contributed by atoms with van der Waals surface area (Å²) in [6.07, 6.45) is 11.0. The molecular weight excluding hydrogens is 490 g/mol. The van der Waals surface area contributed by atoms with Gasteiger partial charge in [-0.25, -0.2) is 0 Å². The standard InChI is InChI=1S/C28H31N3O3S2/c1-3-5-6-7-8-10-18-31-27(33)23(36-28(31)35)19-22-25(34-21-15-13-20(4-2)14-16-21)29-24-12-9-11-17-30(24)26(22)32/h9,11-17,19H,3-8,10,18H2,1-2H3/b23-19+. The van der Waals surface area contributed by atoms with Crippen LogP contribution in [-0.4, -0.2) is 31.1 Å². The number of pyridine rings is 1. The van der Waals surface area contributed by atoms with Crippen molar-refractivity contribution < 1.29 is 9.53 Å². The average Bonchev–Trinajstić information content (AvgIpc) is 3.16. The molecule has 0 atom stereocenters. The van der Waals surface area contributed by atoms with Gasteiger partial charge in [0.2, 0.25) is 5.88 Å². The van der Waals surface area contributed by atoms with Crippen molar-refractivity contribution >= 4 is 45.9 Å². The highest BCUT2D eigenvalue weighted by molar-refractivity contribution is 8.26. The molecular formula is C28H31N3O3S2. The highest BCUT2D eigenvalue weighted by atomic mass is 32.2. The van der Waals surface area contributed by atoms with Crippen molar-refractivity contribution in [3.05, 3.63) is 75.0 Å². The molecule has 1 saturated heterocycles. The van der Waals surface area contributed by atoms with Gasteiger partial charge in [-0.15, -0.1) is 0 Å². The van der Waals surface area contributed by atoms with Gasteiger partial charge in [-0.05, 0) is 48.7 Å². The lowest BCUT2D eigenvalue weighted by Gasteiger charge is -2.14. The van der Waals surface area contributed by atoms with Crippen LogP contribution in [0, 0.1) is 0 Å². The molecule has 0 unspecified atom stereocenters. The zero-order valence-corrected chi connectivity index (χ0v) is 22.4. The summed E-state index contributed by atoms with van der Waals surface area (Å²) in [6.45, 7) is 4.88. The lowest BCUT2D eigenvalue weighted by atomic mass is 10.1. The number of rotatable bonds is 11. The third kappa shape index (κ3) is 6.05. The number of nitrogens with zero attached hydrogens (tertiary/aromatic N) is 3. The molecule has 0 bridgehead atoms. The number of carbonyl (C=O) groups is 1. The normalized spacial score (nSPS) is 14.8. The second kappa shape index (κ2) is 12.3. The Morgan fingerprint density at radius 2 is 1.75 bits per heavy atom.